The summed E-state index contributed by atoms with van der Waals surface area (Å²) in [5.74, 6) is 2.61. The van der Waals surface area contributed by atoms with E-state index in [1.54, 1.807) is 0 Å². The first-order valence-electron chi connectivity index (χ1n) is 10.7. The van der Waals surface area contributed by atoms with Crippen molar-refractivity contribution in [1.29, 1.82) is 0 Å². The highest BCUT2D eigenvalue weighted by molar-refractivity contribution is 5.80. The standard InChI is InChI=1S/C22H36N4O2/c1-5-26(6-2)13-7-8-17(3)25-21(23-4)24-15-22(11-12-22)18-9-10-19-20(14-18)28-16-27-19/h9-10,14,17H,5-8,11-13,15-16H2,1-4H3,(H2,23,24,25). The van der Waals surface area contributed by atoms with Gasteiger partial charge >= 0.3 is 0 Å². The van der Waals surface area contributed by atoms with Gasteiger partial charge in [-0.3, -0.25) is 4.99 Å². The molecule has 156 valence electrons. The van der Waals surface area contributed by atoms with Crippen LogP contribution >= 0.6 is 0 Å². The van der Waals surface area contributed by atoms with Crippen LogP contribution < -0.4 is 20.1 Å². The van der Waals surface area contributed by atoms with Gasteiger partial charge in [0.25, 0.3) is 0 Å². The fourth-order valence-corrected chi connectivity index (χ4v) is 3.86. The minimum atomic E-state index is 0.185. The molecule has 0 aromatic heterocycles. The Morgan fingerprint density at radius 1 is 1.21 bits per heavy atom. The summed E-state index contributed by atoms with van der Waals surface area (Å²) in [7, 11) is 1.85. The van der Waals surface area contributed by atoms with Gasteiger partial charge in [-0.2, -0.15) is 0 Å². The van der Waals surface area contributed by atoms with Gasteiger partial charge in [0.2, 0.25) is 6.79 Å². The van der Waals surface area contributed by atoms with Gasteiger partial charge in [0.15, 0.2) is 17.5 Å². The summed E-state index contributed by atoms with van der Waals surface area (Å²) in [6.07, 6.45) is 4.73. The van der Waals surface area contributed by atoms with Crippen LogP contribution in [0.1, 0.15) is 52.0 Å². The topological polar surface area (TPSA) is 58.1 Å². The van der Waals surface area contributed by atoms with Crippen LogP contribution in [0.15, 0.2) is 23.2 Å². The number of hydrogen-bond acceptors (Lipinski definition) is 4. The molecular formula is C22H36N4O2. The maximum absolute atomic E-state index is 5.55. The number of benzene rings is 1. The van der Waals surface area contributed by atoms with Crippen LogP contribution in [-0.2, 0) is 5.41 Å². The van der Waals surface area contributed by atoms with Gasteiger partial charge in [0, 0.05) is 25.0 Å². The number of fused-ring (bicyclic) bond motifs is 1. The minimum Gasteiger partial charge on any atom is -0.454 e. The molecule has 6 heteroatoms. The van der Waals surface area contributed by atoms with Crippen LogP contribution in [0, 0.1) is 0 Å². The summed E-state index contributed by atoms with van der Waals surface area (Å²) >= 11 is 0. The first kappa shape index (κ1) is 20.8. The molecule has 3 rings (SSSR count). The number of ether oxygens (including phenoxy) is 2. The van der Waals surface area contributed by atoms with Gasteiger partial charge in [-0.15, -0.1) is 0 Å². The average Bonchev–Trinajstić information content (AvgIpc) is 3.36. The van der Waals surface area contributed by atoms with Gasteiger partial charge in [0.1, 0.15) is 0 Å². The van der Waals surface area contributed by atoms with E-state index in [1.165, 1.54) is 24.8 Å². The number of hydrogen-bond donors (Lipinski definition) is 2. The number of nitrogens with zero attached hydrogens (tertiary/aromatic N) is 2. The molecule has 1 fully saturated rings. The van der Waals surface area contributed by atoms with Gasteiger partial charge in [0.05, 0.1) is 0 Å². The van der Waals surface area contributed by atoms with E-state index in [-0.39, 0.29) is 5.41 Å². The smallest absolute Gasteiger partial charge is 0.231 e. The molecule has 0 radical (unpaired) electrons. The Kier molecular flexibility index (Phi) is 7.05. The van der Waals surface area contributed by atoms with Crippen LogP contribution in [0.5, 0.6) is 11.5 Å². The number of rotatable bonds is 10. The van der Waals surface area contributed by atoms with E-state index >= 15 is 0 Å². The lowest BCUT2D eigenvalue weighted by atomic mass is 9.95. The van der Waals surface area contributed by atoms with Gasteiger partial charge in [-0.25, -0.2) is 0 Å². The highest BCUT2D eigenvalue weighted by Crippen LogP contribution is 2.49. The summed E-state index contributed by atoms with van der Waals surface area (Å²) in [6.45, 7) is 11.3. The summed E-state index contributed by atoms with van der Waals surface area (Å²) in [5.41, 5.74) is 1.51. The molecule has 1 aliphatic carbocycles. The molecular weight excluding hydrogens is 352 g/mol. The van der Waals surface area contributed by atoms with Crippen molar-refractivity contribution in [3.05, 3.63) is 23.8 Å². The molecule has 1 aromatic carbocycles. The number of aliphatic imine (C=N–C) groups is 1. The number of nitrogens with one attached hydrogen (secondary N) is 2. The number of guanidine groups is 1. The maximum atomic E-state index is 5.55. The predicted molar refractivity (Wildman–Crippen MR) is 114 cm³/mol. The zero-order valence-electron chi connectivity index (χ0n) is 17.9. The quantitative estimate of drug-likeness (QED) is 0.476. The fraction of sp³-hybridized carbons (Fsp3) is 0.682. The van der Waals surface area contributed by atoms with E-state index in [1.807, 2.05) is 13.1 Å². The lowest BCUT2D eigenvalue weighted by Crippen LogP contribution is -2.45. The molecule has 1 aromatic rings. The summed E-state index contributed by atoms with van der Waals surface area (Å²) in [4.78, 5) is 6.90. The van der Waals surface area contributed by atoms with Crippen molar-refractivity contribution in [1.82, 2.24) is 15.5 Å². The summed E-state index contributed by atoms with van der Waals surface area (Å²) in [6, 6.07) is 6.75. The first-order valence-corrected chi connectivity index (χ1v) is 10.7. The Balaban J connectivity index is 1.46. The molecule has 0 amide bonds. The molecule has 6 nitrogen and oxygen atoms in total. The van der Waals surface area contributed by atoms with Gasteiger partial charge < -0.3 is 25.0 Å². The second kappa shape index (κ2) is 9.50. The lowest BCUT2D eigenvalue weighted by Gasteiger charge is -2.23. The Morgan fingerprint density at radius 3 is 2.64 bits per heavy atom. The molecule has 1 atom stereocenters. The second-order valence-electron chi connectivity index (χ2n) is 7.99. The normalized spacial score (nSPS) is 18.2. The zero-order valence-corrected chi connectivity index (χ0v) is 17.9. The van der Waals surface area contributed by atoms with Crippen LogP contribution in [0.2, 0.25) is 0 Å². The highest BCUT2D eigenvalue weighted by atomic mass is 16.7. The summed E-state index contributed by atoms with van der Waals surface area (Å²) in [5, 5.41) is 7.09. The van der Waals surface area contributed by atoms with Crippen LogP contribution in [0.4, 0.5) is 0 Å². The Labute approximate surface area is 169 Å². The van der Waals surface area contributed by atoms with Gasteiger partial charge in [-0.1, -0.05) is 19.9 Å². The van der Waals surface area contributed by atoms with E-state index in [0.717, 1.165) is 50.1 Å². The SMILES string of the molecule is CCN(CC)CCCC(C)NC(=NC)NCC1(c2ccc3c(c2)OCO3)CC1. The fourth-order valence-electron chi connectivity index (χ4n) is 3.86. The van der Waals surface area contributed by atoms with Crippen molar-refractivity contribution in [3.8, 4) is 11.5 Å². The Hall–Kier alpha value is -1.95. The molecule has 1 unspecified atom stereocenters. The predicted octanol–water partition coefficient (Wildman–Crippen LogP) is 3.12. The largest absolute Gasteiger partial charge is 0.454 e. The van der Waals surface area contributed by atoms with E-state index in [9.17, 15) is 0 Å². The Bertz CT molecular complexity index is 669. The molecule has 1 aliphatic heterocycles. The highest BCUT2D eigenvalue weighted by Gasteiger charge is 2.44. The maximum Gasteiger partial charge on any atom is 0.231 e. The average molecular weight is 389 g/mol. The third-order valence-electron chi connectivity index (χ3n) is 6.05. The van der Waals surface area contributed by atoms with Crippen LogP contribution in [-0.4, -0.2) is 56.9 Å². The van der Waals surface area contributed by atoms with Crippen LogP contribution in [0.25, 0.3) is 0 Å². The lowest BCUT2D eigenvalue weighted by molar-refractivity contribution is 0.174. The van der Waals surface area contributed by atoms with Crippen molar-refractivity contribution >= 4 is 5.96 Å². The molecule has 1 heterocycles. The minimum absolute atomic E-state index is 0.185. The third kappa shape index (κ3) is 5.10. The van der Waals surface area contributed by atoms with E-state index in [2.05, 4.69) is 53.4 Å². The zero-order chi connectivity index (χ0) is 20.0. The van der Waals surface area contributed by atoms with Crippen molar-refractivity contribution in [2.45, 2.75) is 57.9 Å². The second-order valence-corrected chi connectivity index (χ2v) is 7.99. The molecule has 2 aliphatic rings. The molecule has 0 spiro atoms. The molecule has 2 N–H and O–H groups in total. The third-order valence-corrected chi connectivity index (χ3v) is 6.05. The molecule has 0 bridgehead atoms. The van der Waals surface area contributed by atoms with Crippen molar-refractivity contribution in [2.75, 3.05) is 40.0 Å². The Morgan fingerprint density at radius 2 is 1.96 bits per heavy atom. The summed E-state index contributed by atoms with van der Waals surface area (Å²) < 4.78 is 11.0. The van der Waals surface area contributed by atoms with Crippen LogP contribution in [0.3, 0.4) is 0 Å². The monoisotopic (exact) mass is 388 g/mol. The van der Waals surface area contributed by atoms with Crippen molar-refractivity contribution < 1.29 is 9.47 Å². The van der Waals surface area contributed by atoms with E-state index in [0.29, 0.717) is 12.8 Å². The van der Waals surface area contributed by atoms with Crippen molar-refractivity contribution in [3.63, 3.8) is 0 Å². The van der Waals surface area contributed by atoms with E-state index < -0.39 is 0 Å². The molecule has 0 saturated heterocycles. The first-order chi connectivity index (χ1) is 13.6. The van der Waals surface area contributed by atoms with Crippen molar-refractivity contribution in [2.24, 2.45) is 4.99 Å². The molecule has 28 heavy (non-hydrogen) atoms. The van der Waals surface area contributed by atoms with E-state index in [4.69, 9.17) is 9.47 Å². The van der Waals surface area contributed by atoms with Gasteiger partial charge in [-0.05, 0) is 69.9 Å². The molecule has 1 saturated carbocycles.